The number of amides is 3. The molecule has 0 radical (unpaired) electrons. The molecule has 0 saturated carbocycles. The first-order chi connectivity index (χ1) is 15.0. The summed E-state index contributed by atoms with van der Waals surface area (Å²) in [7, 11) is 1.57. The smallest absolute Gasteiger partial charge is 0.251 e. The molecule has 0 fully saturated rings. The first-order valence-corrected chi connectivity index (χ1v) is 10.3. The molecule has 0 atom stereocenters. The van der Waals surface area contributed by atoms with Gasteiger partial charge in [-0.2, -0.15) is 0 Å². The van der Waals surface area contributed by atoms with Crippen molar-refractivity contribution in [1.29, 1.82) is 0 Å². The highest BCUT2D eigenvalue weighted by Crippen LogP contribution is 2.26. The van der Waals surface area contributed by atoms with Crippen LogP contribution in [0.3, 0.4) is 0 Å². The average molecular weight is 425 g/mol. The Labute approximate surface area is 181 Å². The minimum Gasteiger partial charge on any atom is -0.497 e. The van der Waals surface area contributed by atoms with E-state index >= 15 is 0 Å². The number of fused-ring (bicyclic) bond motifs is 1. The summed E-state index contributed by atoms with van der Waals surface area (Å²) in [5.41, 5.74) is 2.43. The van der Waals surface area contributed by atoms with Gasteiger partial charge in [0.05, 0.1) is 13.7 Å². The second kappa shape index (κ2) is 11.0. The molecular formula is C23H27N3O5. The average Bonchev–Trinajstić information content (AvgIpc) is 2.79. The summed E-state index contributed by atoms with van der Waals surface area (Å²) in [6.07, 6.45) is 2.11. The second-order valence-electron chi connectivity index (χ2n) is 7.15. The zero-order valence-corrected chi connectivity index (χ0v) is 17.5. The summed E-state index contributed by atoms with van der Waals surface area (Å²) < 4.78 is 10.8. The van der Waals surface area contributed by atoms with E-state index in [1.807, 2.05) is 18.2 Å². The van der Waals surface area contributed by atoms with Crippen molar-refractivity contribution in [2.24, 2.45) is 0 Å². The highest BCUT2D eigenvalue weighted by molar-refractivity contribution is 5.94. The van der Waals surface area contributed by atoms with Crippen molar-refractivity contribution in [3.63, 3.8) is 0 Å². The fourth-order valence-electron chi connectivity index (χ4n) is 3.18. The van der Waals surface area contributed by atoms with Crippen LogP contribution in [0.5, 0.6) is 11.5 Å². The summed E-state index contributed by atoms with van der Waals surface area (Å²) in [5.74, 6) is 1.17. The van der Waals surface area contributed by atoms with Gasteiger partial charge in [0.1, 0.15) is 11.5 Å². The molecule has 3 rings (SSSR count). The molecule has 2 aromatic rings. The molecule has 1 aliphatic rings. The van der Waals surface area contributed by atoms with E-state index in [9.17, 15) is 14.4 Å². The van der Waals surface area contributed by atoms with Crippen LogP contribution in [0.1, 0.15) is 35.2 Å². The molecule has 0 bridgehead atoms. The normalized spacial score (nSPS) is 12.4. The van der Waals surface area contributed by atoms with E-state index in [0.717, 1.165) is 17.0 Å². The van der Waals surface area contributed by atoms with Gasteiger partial charge < -0.3 is 25.4 Å². The molecule has 0 spiro atoms. The van der Waals surface area contributed by atoms with Crippen LogP contribution in [-0.4, -0.2) is 44.5 Å². The topological polar surface area (TPSA) is 106 Å². The molecule has 0 aliphatic carbocycles. The Balaban J connectivity index is 1.27. The number of methoxy groups -OCH3 is 1. The Hall–Kier alpha value is -3.55. The van der Waals surface area contributed by atoms with Gasteiger partial charge in [0.2, 0.25) is 11.8 Å². The molecule has 8 nitrogen and oxygen atoms in total. The van der Waals surface area contributed by atoms with Gasteiger partial charge in [-0.25, -0.2) is 0 Å². The lowest BCUT2D eigenvalue weighted by Gasteiger charge is -2.17. The van der Waals surface area contributed by atoms with Crippen LogP contribution in [-0.2, 0) is 16.0 Å². The highest BCUT2D eigenvalue weighted by atomic mass is 16.5. The van der Waals surface area contributed by atoms with Crippen LogP contribution < -0.4 is 25.4 Å². The van der Waals surface area contributed by atoms with E-state index in [4.69, 9.17) is 9.47 Å². The third-order valence-electron chi connectivity index (χ3n) is 4.87. The monoisotopic (exact) mass is 425 g/mol. The Bertz CT molecular complexity index is 927. The van der Waals surface area contributed by atoms with Crippen LogP contribution in [0.15, 0.2) is 42.5 Å². The number of hydrogen-bond acceptors (Lipinski definition) is 5. The number of nitrogens with one attached hydrogen (secondary N) is 3. The molecular weight excluding hydrogens is 398 g/mol. The van der Waals surface area contributed by atoms with Crippen molar-refractivity contribution in [3.8, 4) is 11.5 Å². The Morgan fingerprint density at radius 3 is 2.52 bits per heavy atom. The molecule has 31 heavy (non-hydrogen) atoms. The highest BCUT2D eigenvalue weighted by Gasteiger charge is 2.15. The molecule has 3 amide bonds. The van der Waals surface area contributed by atoms with Crippen LogP contribution in [0, 0.1) is 0 Å². The van der Waals surface area contributed by atoms with Crippen LogP contribution in [0.25, 0.3) is 0 Å². The molecule has 1 heterocycles. The zero-order valence-electron chi connectivity index (χ0n) is 17.5. The fraction of sp³-hybridized carbons (Fsp3) is 0.348. The number of aryl methyl sites for hydroxylation is 1. The van der Waals surface area contributed by atoms with Crippen LogP contribution in [0.2, 0.25) is 0 Å². The minimum absolute atomic E-state index is 0.0347. The second-order valence-corrected chi connectivity index (χ2v) is 7.15. The number of carbonyl (C=O) groups is 3. The van der Waals surface area contributed by atoms with Crippen molar-refractivity contribution < 1.29 is 23.9 Å². The summed E-state index contributed by atoms with van der Waals surface area (Å²) in [6, 6.07) is 12.4. The lowest BCUT2D eigenvalue weighted by molar-refractivity contribution is -0.121. The van der Waals surface area contributed by atoms with E-state index in [1.165, 1.54) is 0 Å². The van der Waals surface area contributed by atoms with Gasteiger partial charge in [-0.05, 0) is 60.9 Å². The molecule has 164 valence electrons. The summed E-state index contributed by atoms with van der Waals surface area (Å²) >= 11 is 0. The third-order valence-corrected chi connectivity index (χ3v) is 4.87. The van der Waals surface area contributed by atoms with Crippen molar-refractivity contribution in [3.05, 3.63) is 53.6 Å². The van der Waals surface area contributed by atoms with Crippen LogP contribution in [0.4, 0.5) is 5.69 Å². The number of hydrogen-bond donors (Lipinski definition) is 3. The molecule has 0 saturated heterocycles. The van der Waals surface area contributed by atoms with E-state index < -0.39 is 0 Å². The zero-order chi connectivity index (χ0) is 22.1. The van der Waals surface area contributed by atoms with Gasteiger partial charge >= 0.3 is 0 Å². The van der Waals surface area contributed by atoms with E-state index in [-0.39, 0.29) is 17.7 Å². The SMILES string of the molecule is COc1ccc(C(=O)NCCNC(=O)CCCOc2ccc3c(c2)CCC(=O)N3)cc1. The third kappa shape index (κ3) is 6.74. The maximum atomic E-state index is 12.0. The predicted octanol–water partition coefficient (Wildman–Crippen LogP) is 2.29. The maximum absolute atomic E-state index is 12.0. The molecule has 0 aromatic heterocycles. The fourth-order valence-corrected chi connectivity index (χ4v) is 3.18. The Morgan fingerprint density at radius 2 is 1.74 bits per heavy atom. The molecule has 1 aliphatic heterocycles. The number of ether oxygens (including phenoxy) is 2. The summed E-state index contributed by atoms with van der Waals surface area (Å²) in [4.78, 5) is 35.4. The van der Waals surface area contributed by atoms with Gasteiger partial charge in [0, 0.05) is 37.2 Å². The van der Waals surface area contributed by atoms with E-state index in [1.54, 1.807) is 31.4 Å². The molecule has 8 heteroatoms. The predicted molar refractivity (Wildman–Crippen MR) is 116 cm³/mol. The van der Waals surface area contributed by atoms with E-state index in [2.05, 4.69) is 16.0 Å². The lowest BCUT2D eigenvalue weighted by Crippen LogP contribution is -2.34. The number of benzene rings is 2. The minimum atomic E-state index is -0.199. The van der Waals surface area contributed by atoms with Crippen molar-refractivity contribution in [1.82, 2.24) is 10.6 Å². The lowest BCUT2D eigenvalue weighted by atomic mass is 10.0. The van der Waals surface area contributed by atoms with Gasteiger partial charge in [-0.1, -0.05) is 0 Å². The first kappa shape index (κ1) is 22.1. The van der Waals surface area contributed by atoms with Gasteiger partial charge in [0.25, 0.3) is 5.91 Å². The van der Waals surface area contributed by atoms with E-state index in [0.29, 0.717) is 56.7 Å². The summed E-state index contributed by atoms with van der Waals surface area (Å²) in [6.45, 7) is 1.13. The van der Waals surface area contributed by atoms with Crippen molar-refractivity contribution >= 4 is 23.4 Å². The van der Waals surface area contributed by atoms with Gasteiger partial charge in [0.15, 0.2) is 0 Å². The molecule has 3 N–H and O–H groups in total. The Morgan fingerprint density at radius 1 is 1.00 bits per heavy atom. The molecule has 2 aromatic carbocycles. The maximum Gasteiger partial charge on any atom is 0.251 e. The van der Waals surface area contributed by atoms with Crippen molar-refractivity contribution in [2.75, 3.05) is 32.1 Å². The number of anilines is 1. The molecule has 0 unspecified atom stereocenters. The van der Waals surface area contributed by atoms with Crippen molar-refractivity contribution in [2.45, 2.75) is 25.7 Å². The Kier molecular flexibility index (Phi) is 7.86. The van der Waals surface area contributed by atoms with Gasteiger partial charge in [-0.3, -0.25) is 14.4 Å². The van der Waals surface area contributed by atoms with Crippen LogP contribution >= 0.6 is 0 Å². The van der Waals surface area contributed by atoms with Gasteiger partial charge in [-0.15, -0.1) is 0 Å². The largest absolute Gasteiger partial charge is 0.497 e. The number of rotatable bonds is 10. The summed E-state index contributed by atoms with van der Waals surface area (Å²) in [5, 5.41) is 8.38. The standard InChI is InChI=1S/C23H27N3O5/c1-30-18-7-4-16(5-8-18)23(29)25-13-12-24-21(27)3-2-14-31-19-9-10-20-17(15-19)6-11-22(28)26-20/h4-5,7-10,15H,2-3,6,11-14H2,1H3,(H,24,27)(H,25,29)(H,26,28). The number of carbonyl (C=O) groups excluding carboxylic acids is 3. The first-order valence-electron chi connectivity index (χ1n) is 10.3. The quantitative estimate of drug-likeness (QED) is 0.507.